The second-order valence-corrected chi connectivity index (χ2v) is 13.1. The number of rotatable bonds is 11. The van der Waals surface area contributed by atoms with Gasteiger partial charge in [0.05, 0.1) is 50.4 Å². The first-order chi connectivity index (χ1) is 24.0. The lowest BCUT2D eigenvalue weighted by Crippen LogP contribution is -2.59. The van der Waals surface area contributed by atoms with E-state index in [1.165, 1.54) is 25.4 Å². The molecule has 4 aromatic rings. The molecule has 1 unspecified atom stereocenters. The van der Waals surface area contributed by atoms with Crippen molar-refractivity contribution < 1.29 is 32.2 Å². The molecule has 0 spiro atoms. The minimum atomic E-state index is -1.35. The summed E-state index contributed by atoms with van der Waals surface area (Å²) in [5.41, 5.74) is -0.00925. The van der Waals surface area contributed by atoms with Crippen molar-refractivity contribution >= 4 is 51.3 Å². The van der Waals surface area contributed by atoms with Crippen LogP contribution in [0.15, 0.2) is 61.4 Å². The summed E-state index contributed by atoms with van der Waals surface area (Å²) in [5.74, 6) is -1.36. The third kappa shape index (κ3) is 7.21. The molecule has 2 fully saturated rings. The van der Waals surface area contributed by atoms with Crippen LogP contribution < -0.4 is 25.2 Å². The van der Waals surface area contributed by atoms with Crippen molar-refractivity contribution in [3.05, 3.63) is 78.0 Å². The molecule has 1 atom stereocenters. The Kier molecular flexibility index (Phi) is 9.93. The van der Waals surface area contributed by atoms with E-state index in [9.17, 15) is 22.8 Å². The van der Waals surface area contributed by atoms with Gasteiger partial charge in [-0.25, -0.2) is 28.1 Å². The number of nitrogens with zero attached hydrogens (tertiary/aromatic N) is 6. The number of thiazole rings is 1. The number of pyridine rings is 2. The summed E-state index contributed by atoms with van der Waals surface area (Å²) in [7, 11) is 3.08. The quantitative estimate of drug-likeness (QED) is 0.199. The summed E-state index contributed by atoms with van der Waals surface area (Å²) in [5, 5.41) is 5.60. The Bertz CT molecular complexity index is 1900. The average Bonchev–Trinajstić information content (AvgIpc) is 3.57. The first-order valence-corrected chi connectivity index (χ1v) is 16.5. The van der Waals surface area contributed by atoms with Crippen LogP contribution >= 0.6 is 11.3 Å². The molecular weight excluding hydrogens is 673 g/mol. The van der Waals surface area contributed by atoms with E-state index < -0.39 is 28.9 Å². The lowest BCUT2D eigenvalue weighted by Gasteiger charge is -2.47. The van der Waals surface area contributed by atoms with Crippen molar-refractivity contribution in [1.29, 1.82) is 0 Å². The molecule has 0 aliphatic carbocycles. The number of nitrogens with one attached hydrogen (secondary N) is 2. The number of halogens is 3. The Balaban J connectivity index is 1.27. The number of alkyl halides is 1. The Morgan fingerprint density at radius 1 is 1.12 bits per heavy atom. The van der Waals surface area contributed by atoms with Gasteiger partial charge in [0.15, 0.2) is 22.5 Å². The first-order valence-electron chi connectivity index (χ1n) is 15.6. The molecule has 0 bridgehead atoms. The van der Waals surface area contributed by atoms with Crippen LogP contribution in [0.3, 0.4) is 0 Å². The van der Waals surface area contributed by atoms with Gasteiger partial charge in [0, 0.05) is 38.5 Å². The van der Waals surface area contributed by atoms with E-state index in [-0.39, 0.29) is 35.0 Å². The van der Waals surface area contributed by atoms with Gasteiger partial charge in [-0.3, -0.25) is 9.59 Å². The van der Waals surface area contributed by atoms with E-state index in [1.807, 2.05) is 11.0 Å². The molecule has 2 aliphatic heterocycles. The van der Waals surface area contributed by atoms with Gasteiger partial charge in [-0.05, 0) is 43.3 Å². The van der Waals surface area contributed by atoms with Gasteiger partial charge in [-0.1, -0.05) is 24.0 Å². The molecule has 0 saturated carbocycles. The molecule has 50 heavy (non-hydrogen) atoms. The fraction of sp³-hybridized carbons (Fsp3) is 0.324. The van der Waals surface area contributed by atoms with Crippen molar-refractivity contribution in [1.82, 2.24) is 19.9 Å². The lowest BCUT2D eigenvalue weighted by molar-refractivity contribution is -0.127. The monoisotopic (exact) mass is 708 g/mol. The van der Waals surface area contributed by atoms with Crippen molar-refractivity contribution in [2.45, 2.75) is 18.6 Å². The first kappa shape index (κ1) is 34.6. The Morgan fingerprint density at radius 2 is 1.88 bits per heavy atom. The highest BCUT2D eigenvalue weighted by Gasteiger charge is 2.41. The van der Waals surface area contributed by atoms with Crippen molar-refractivity contribution in [2.24, 2.45) is 0 Å². The van der Waals surface area contributed by atoms with E-state index in [0.29, 0.717) is 54.9 Å². The number of para-hydroxylation sites is 1. The SMILES string of the molecule is C=CC(=O)N1CCN(c2ncc(-c3ccc(OC)c(Nc4ncc(C(=O)Nc5c(F)cccc5F)s4)n3)cc2N2CC(C)(F)C2)C(COC)C1. The molecule has 3 aromatic heterocycles. The molecule has 2 amide bonds. The zero-order chi connectivity index (χ0) is 35.6. The van der Waals surface area contributed by atoms with Gasteiger partial charge in [-0.15, -0.1) is 0 Å². The number of anilines is 5. The topological polar surface area (TPSA) is 125 Å². The van der Waals surface area contributed by atoms with E-state index in [2.05, 4.69) is 27.1 Å². The highest BCUT2D eigenvalue weighted by Crippen LogP contribution is 2.40. The molecule has 6 rings (SSSR count). The number of amides is 2. The second kappa shape index (κ2) is 14.3. The van der Waals surface area contributed by atoms with E-state index in [1.54, 1.807) is 37.3 Å². The molecule has 2 N–H and O–H groups in total. The molecule has 1 aromatic carbocycles. The number of benzene rings is 1. The maximum atomic E-state index is 14.8. The summed E-state index contributed by atoms with van der Waals surface area (Å²) >= 11 is 0.955. The Hall–Kier alpha value is -5.22. The molecule has 2 saturated heterocycles. The summed E-state index contributed by atoms with van der Waals surface area (Å²) in [6.45, 7) is 7.25. The van der Waals surface area contributed by atoms with Gasteiger partial charge < -0.3 is 34.8 Å². The van der Waals surface area contributed by atoms with E-state index >= 15 is 0 Å². The van der Waals surface area contributed by atoms with Crippen LogP contribution in [0, 0.1) is 11.6 Å². The Morgan fingerprint density at radius 3 is 2.56 bits per heavy atom. The highest BCUT2D eigenvalue weighted by atomic mass is 32.1. The van der Waals surface area contributed by atoms with Crippen LogP contribution in [-0.4, -0.2) is 96.9 Å². The molecule has 0 radical (unpaired) electrons. The number of hydrogen-bond acceptors (Lipinski definition) is 11. The minimum absolute atomic E-state index is 0.102. The summed E-state index contributed by atoms with van der Waals surface area (Å²) < 4.78 is 54.0. The smallest absolute Gasteiger partial charge is 0.267 e. The third-order valence-electron chi connectivity index (χ3n) is 8.36. The second-order valence-electron chi connectivity index (χ2n) is 12.1. The van der Waals surface area contributed by atoms with Gasteiger partial charge in [0.2, 0.25) is 5.91 Å². The summed E-state index contributed by atoms with van der Waals surface area (Å²) in [6, 6.07) is 8.49. The van der Waals surface area contributed by atoms with Crippen LogP contribution in [0.25, 0.3) is 11.3 Å². The van der Waals surface area contributed by atoms with Crippen molar-refractivity contribution in [3.8, 4) is 17.0 Å². The molecule has 5 heterocycles. The molecule has 12 nitrogen and oxygen atoms in total. The average molecular weight is 709 g/mol. The van der Waals surface area contributed by atoms with Crippen molar-refractivity contribution in [2.75, 3.05) is 74.0 Å². The normalized spacial score (nSPS) is 16.8. The standard InChI is InChI=1S/C34H35F3N8O4S/c1-5-28(46)43-11-12-45(21(16-43)17-48-3)31-25(44-18-34(2,37)19-44)13-20(14-38-31)24-9-10-26(49-4)30(40-24)42-33-39-15-27(50-33)32(47)41-29-22(35)7-6-8-23(29)36/h5-10,13-15,21H,1,11-12,16-19H2,2-4H3,(H,41,47)(H,39,40,42). The molecule has 2 aliphatic rings. The number of carbonyl (C=O) groups is 2. The van der Waals surface area contributed by atoms with Gasteiger partial charge >= 0.3 is 0 Å². The highest BCUT2D eigenvalue weighted by molar-refractivity contribution is 7.17. The maximum absolute atomic E-state index is 14.8. The Labute approximate surface area is 290 Å². The third-order valence-corrected chi connectivity index (χ3v) is 9.27. The number of methoxy groups -OCH3 is 2. The number of ether oxygens (including phenoxy) is 2. The van der Waals surface area contributed by atoms with Gasteiger partial charge in [0.1, 0.15) is 27.9 Å². The number of hydrogen-bond donors (Lipinski definition) is 2. The molecule has 262 valence electrons. The molecular formula is C34H35F3N8O4S. The van der Waals surface area contributed by atoms with Crippen LogP contribution in [0.1, 0.15) is 16.6 Å². The van der Waals surface area contributed by atoms with E-state index in [0.717, 1.165) is 29.2 Å². The fourth-order valence-corrected chi connectivity index (χ4v) is 6.66. The van der Waals surface area contributed by atoms with Crippen LogP contribution in [0.4, 0.5) is 41.3 Å². The molecule has 16 heteroatoms. The zero-order valence-electron chi connectivity index (χ0n) is 27.6. The minimum Gasteiger partial charge on any atom is -0.493 e. The predicted octanol–water partition coefficient (Wildman–Crippen LogP) is 5.28. The number of carbonyl (C=O) groups excluding carboxylic acids is 2. The van der Waals surface area contributed by atoms with Crippen LogP contribution in [0.5, 0.6) is 5.75 Å². The van der Waals surface area contributed by atoms with E-state index in [4.69, 9.17) is 19.4 Å². The fourth-order valence-electron chi connectivity index (χ4n) is 5.95. The lowest BCUT2D eigenvalue weighted by atomic mass is 9.97. The van der Waals surface area contributed by atoms with Crippen LogP contribution in [0.2, 0.25) is 0 Å². The largest absolute Gasteiger partial charge is 0.493 e. The van der Waals surface area contributed by atoms with Gasteiger partial charge in [-0.2, -0.15) is 0 Å². The summed E-state index contributed by atoms with van der Waals surface area (Å²) in [6.07, 6.45) is 4.26. The van der Waals surface area contributed by atoms with Crippen LogP contribution in [-0.2, 0) is 9.53 Å². The summed E-state index contributed by atoms with van der Waals surface area (Å²) in [4.78, 5) is 44.8. The number of aromatic nitrogens is 3. The predicted molar refractivity (Wildman–Crippen MR) is 185 cm³/mol. The van der Waals surface area contributed by atoms with Gasteiger partial charge in [0.25, 0.3) is 5.91 Å². The number of piperazine rings is 1. The van der Waals surface area contributed by atoms with Crippen molar-refractivity contribution in [3.63, 3.8) is 0 Å². The maximum Gasteiger partial charge on any atom is 0.267 e. The zero-order valence-corrected chi connectivity index (χ0v) is 28.4.